The zero-order valence-electron chi connectivity index (χ0n) is 14.9. The van der Waals surface area contributed by atoms with Crippen molar-refractivity contribution < 1.29 is 4.92 Å². The Morgan fingerprint density at radius 2 is 1.71 bits per heavy atom. The van der Waals surface area contributed by atoms with E-state index in [1.54, 1.807) is 12.1 Å². The number of non-ortho nitro benzene ring substituents is 1. The summed E-state index contributed by atoms with van der Waals surface area (Å²) in [5.41, 5.74) is 7.29. The van der Waals surface area contributed by atoms with Gasteiger partial charge in [-0.3, -0.25) is 15.5 Å². The van der Waals surface area contributed by atoms with Crippen LogP contribution in [-0.2, 0) is 6.42 Å². The van der Waals surface area contributed by atoms with Crippen molar-refractivity contribution in [1.29, 1.82) is 0 Å². The molecule has 0 atom stereocenters. The van der Waals surface area contributed by atoms with Crippen molar-refractivity contribution in [2.45, 2.75) is 6.42 Å². The Labute approximate surface area is 160 Å². The Bertz CT molecular complexity index is 1100. The molecule has 0 unspecified atom stereocenters. The summed E-state index contributed by atoms with van der Waals surface area (Å²) in [7, 11) is 0. The summed E-state index contributed by atoms with van der Waals surface area (Å²) in [6.07, 6.45) is 0.451. The topological polar surface area (TPSA) is 96.2 Å². The molecule has 1 heterocycles. The summed E-state index contributed by atoms with van der Waals surface area (Å²) in [6, 6.07) is 23.8. The number of H-pyrrole nitrogens is 1. The molecule has 0 spiro atoms. The summed E-state index contributed by atoms with van der Waals surface area (Å²) in [4.78, 5) is 18.4. The number of nitrogens with zero attached hydrogens (tertiary/aromatic N) is 3. The van der Waals surface area contributed by atoms with Gasteiger partial charge in [0.05, 0.1) is 33.8 Å². The van der Waals surface area contributed by atoms with Crippen molar-refractivity contribution in [3.63, 3.8) is 0 Å². The van der Waals surface area contributed by atoms with Crippen molar-refractivity contribution in [1.82, 2.24) is 9.97 Å². The molecular weight excluding hydrogens is 354 g/mol. The molecule has 0 fully saturated rings. The quantitative estimate of drug-likeness (QED) is 0.296. The van der Waals surface area contributed by atoms with Gasteiger partial charge >= 0.3 is 0 Å². The Morgan fingerprint density at radius 1 is 1.00 bits per heavy atom. The van der Waals surface area contributed by atoms with Crippen LogP contribution in [0.5, 0.6) is 0 Å². The fraction of sp³-hybridized carbons (Fsp3) is 0.0476. The Balaban J connectivity index is 1.66. The monoisotopic (exact) mass is 371 g/mol. The summed E-state index contributed by atoms with van der Waals surface area (Å²) < 4.78 is 0. The first-order chi connectivity index (χ1) is 13.7. The van der Waals surface area contributed by atoms with Crippen molar-refractivity contribution in [2.75, 3.05) is 5.43 Å². The molecule has 0 amide bonds. The number of aromatic amines is 1. The molecule has 0 aliphatic rings. The van der Waals surface area contributed by atoms with Crippen molar-refractivity contribution in [3.05, 3.63) is 100 Å². The van der Waals surface area contributed by atoms with Gasteiger partial charge in [0.15, 0.2) is 0 Å². The van der Waals surface area contributed by atoms with Crippen LogP contribution in [0.4, 0.5) is 11.4 Å². The van der Waals surface area contributed by atoms with E-state index in [0.29, 0.717) is 6.42 Å². The zero-order chi connectivity index (χ0) is 19.3. The van der Waals surface area contributed by atoms with Crippen molar-refractivity contribution >= 4 is 28.1 Å². The second kappa shape index (κ2) is 7.71. The number of anilines is 1. The van der Waals surface area contributed by atoms with E-state index in [-0.39, 0.29) is 5.69 Å². The number of hydrazone groups is 1. The molecule has 0 aliphatic carbocycles. The molecule has 0 saturated carbocycles. The van der Waals surface area contributed by atoms with Gasteiger partial charge in [-0.2, -0.15) is 5.10 Å². The van der Waals surface area contributed by atoms with Gasteiger partial charge in [0.2, 0.25) is 0 Å². The molecule has 3 aromatic carbocycles. The average Bonchev–Trinajstić information content (AvgIpc) is 3.14. The van der Waals surface area contributed by atoms with Gasteiger partial charge < -0.3 is 4.98 Å². The lowest BCUT2D eigenvalue weighted by Crippen LogP contribution is -2.09. The van der Waals surface area contributed by atoms with Crippen LogP contribution < -0.4 is 5.43 Å². The van der Waals surface area contributed by atoms with Crippen LogP contribution >= 0.6 is 0 Å². The number of nitrogens with one attached hydrogen (secondary N) is 2. The molecule has 0 bridgehead atoms. The molecule has 0 radical (unpaired) electrons. The van der Waals surface area contributed by atoms with Gasteiger partial charge in [-0.25, -0.2) is 4.98 Å². The third-order valence-electron chi connectivity index (χ3n) is 4.28. The molecule has 7 nitrogen and oxygen atoms in total. The first-order valence-electron chi connectivity index (χ1n) is 8.75. The Morgan fingerprint density at radius 3 is 2.43 bits per heavy atom. The maximum absolute atomic E-state index is 10.9. The molecule has 4 rings (SSSR count). The summed E-state index contributed by atoms with van der Waals surface area (Å²) >= 11 is 0. The standard InChI is InChI=1S/C21H17N5O2/c27-26(28)17-12-10-15(11-13-17)20(25-24-16-6-2-1-3-7-16)14-21-22-18-8-4-5-9-19(18)23-21/h1-13,24H,14H2,(H,22,23)/b25-20-. The number of hydrogen-bond acceptors (Lipinski definition) is 5. The van der Waals surface area contributed by atoms with Gasteiger partial charge in [0.25, 0.3) is 5.69 Å². The molecule has 0 saturated heterocycles. The SMILES string of the molecule is O=[N+]([O-])c1ccc(/C(Cc2nc3ccccc3[nH]2)=N\Nc2ccccc2)cc1. The smallest absolute Gasteiger partial charge is 0.269 e. The fourth-order valence-corrected chi connectivity index (χ4v) is 2.87. The normalized spacial score (nSPS) is 11.5. The number of aromatic nitrogens is 2. The number of para-hydroxylation sites is 3. The minimum Gasteiger partial charge on any atom is -0.342 e. The average molecular weight is 371 g/mol. The molecule has 7 heteroatoms. The highest BCUT2D eigenvalue weighted by Crippen LogP contribution is 2.17. The largest absolute Gasteiger partial charge is 0.342 e. The predicted molar refractivity (Wildman–Crippen MR) is 109 cm³/mol. The molecule has 138 valence electrons. The van der Waals surface area contributed by atoms with Gasteiger partial charge in [0, 0.05) is 12.1 Å². The zero-order valence-corrected chi connectivity index (χ0v) is 14.9. The summed E-state index contributed by atoms with van der Waals surface area (Å²) in [6.45, 7) is 0. The van der Waals surface area contributed by atoms with Crippen LogP contribution in [0.2, 0.25) is 0 Å². The lowest BCUT2D eigenvalue weighted by Gasteiger charge is -2.07. The van der Waals surface area contributed by atoms with Crippen LogP contribution in [0.1, 0.15) is 11.4 Å². The van der Waals surface area contributed by atoms with Crippen LogP contribution in [0.25, 0.3) is 11.0 Å². The highest BCUT2D eigenvalue weighted by atomic mass is 16.6. The van der Waals surface area contributed by atoms with Gasteiger partial charge in [0.1, 0.15) is 5.82 Å². The third-order valence-corrected chi connectivity index (χ3v) is 4.28. The second-order valence-corrected chi connectivity index (χ2v) is 6.22. The minimum atomic E-state index is -0.415. The molecule has 2 N–H and O–H groups in total. The van der Waals surface area contributed by atoms with E-state index in [2.05, 4.69) is 20.5 Å². The van der Waals surface area contributed by atoms with E-state index in [1.165, 1.54) is 12.1 Å². The first kappa shape index (κ1) is 17.4. The fourth-order valence-electron chi connectivity index (χ4n) is 2.87. The van der Waals surface area contributed by atoms with Crippen LogP contribution in [0.15, 0.2) is 84.0 Å². The van der Waals surface area contributed by atoms with Gasteiger partial charge in [-0.05, 0) is 42.0 Å². The van der Waals surface area contributed by atoms with Crippen LogP contribution in [0, 0.1) is 10.1 Å². The third kappa shape index (κ3) is 3.88. The summed E-state index contributed by atoms with van der Waals surface area (Å²) in [5.74, 6) is 0.771. The molecule has 1 aromatic heterocycles. The number of fused-ring (bicyclic) bond motifs is 1. The maximum Gasteiger partial charge on any atom is 0.269 e. The number of hydrogen-bond donors (Lipinski definition) is 2. The van der Waals surface area contributed by atoms with Gasteiger partial charge in [-0.1, -0.05) is 30.3 Å². The van der Waals surface area contributed by atoms with Gasteiger partial charge in [-0.15, -0.1) is 0 Å². The van der Waals surface area contributed by atoms with E-state index in [1.807, 2.05) is 54.6 Å². The highest BCUT2D eigenvalue weighted by molar-refractivity contribution is 6.02. The number of nitro benzene ring substituents is 1. The predicted octanol–water partition coefficient (Wildman–Crippen LogP) is 4.53. The number of benzene rings is 3. The number of rotatable bonds is 6. The lowest BCUT2D eigenvalue weighted by molar-refractivity contribution is -0.384. The summed E-state index contributed by atoms with van der Waals surface area (Å²) in [5, 5.41) is 15.5. The minimum absolute atomic E-state index is 0.0443. The lowest BCUT2D eigenvalue weighted by atomic mass is 10.1. The molecule has 28 heavy (non-hydrogen) atoms. The molecule has 4 aromatic rings. The van der Waals surface area contributed by atoms with Crippen LogP contribution in [-0.4, -0.2) is 20.6 Å². The van der Waals surface area contributed by atoms with E-state index < -0.39 is 4.92 Å². The Hall–Kier alpha value is -4.00. The van der Waals surface area contributed by atoms with E-state index >= 15 is 0 Å². The van der Waals surface area contributed by atoms with E-state index in [4.69, 9.17) is 0 Å². The Kier molecular flexibility index (Phi) is 4.79. The number of nitro groups is 1. The molecule has 0 aliphatic heterocycles. The van der Waals surface area contributed by atoms with E-state index in [0.717, 1.165) is 33.8 Å². The highest BCUT2D eigenvalue weighted by Gasteiger charge is 2.12. The van der Waals surface area contributed by atoms with E-state index in [9.17, 15) is 10.1 Å². The second-order valence-electron chi connectivity index (χ2n) is 6.22. The van der Waals surface area contributed by atoms with Crippen molar-refractivity contribution in [3.8, 4) is 0 Å². The van der Waals surface area contributed by atoms with Crippen molar-refractivity contribution in [2.24, 2.45) is 5.10 Å². The number of imidazole rings is 1. The first-order valence-corrected chi connectivity index (χ1v) is 8.75. The maximum atomic E-state index is 10.9. The van der Waals surface area contributed by atoms with Crippen LogP contribution in [0.3, 0.4) is 0 Å². The molecular formula is C21H17N5O2.